The first-order valence-corrected chi connectivity index (χ1v) is 10.6. The van der Waals surface area contributed by atoms with Gasteiger partial charge in [-0.25, -0.2) is 9.37 Å². The van der Waals surface area contributed by atoms with Gasteiger partial charge in [-0.1, -0.05) is 6.07 Å². The van der Waals surface area contributed by atoms with Crippen molar-refractivity contribution in [1.29, 1.82) is 0 Å². The van der Waals surface area contributed by atoms with Gasteiger partial charge in [0.1, 0.15) is 5.82 Å². The van der Waals surface area contributed by atoms with Crippen molar-refractivity contribution in [3.05, 3.63) is 53.8 Å². The highest BCUT2D eigenvalue weighted by Gasteiger charge is 2.20. The highest BCUT2D eigenvalue weighted by molar-refractivity contribution is 5.80. The van der Waals surface area contributed by atoms with Crippen molar-refractivity contribution in [1.82, 2.24) is 30.3 Å². The van der Waals surface area contributed by atoms with E-state index in [0.717, 1.165) is 43.5 Å². The van der Waals surface area contributed by atoms with Crippen LogP contribution in [0.5, 0.6) is 5.75 Å². The average molecular weight is 442 g/mol. The minimum absolute atomic E-state index is 0.274. The van der Waals surface area contributed by atoms with Crippen LogP contribution in [0.3, 0.4) is 0 Å². The van der Waals surface area contributed by atoms with Crippen LogP contribution in [-0.2, 0) is 13.0 Å². The molecule has 1 aromatic carbocycles. The molecule has 0 amide bonds. The smallest absolute Gasteiger partial charge is 0.216 e. The number of H-pyrrole nitrogens is 1. The van der Waals surface area contributed by atoms with Gasteiger partial charge in [-0.05, 0) is 29.8 Å². The number of piperazine rings is 1. The number of aromatic nitrogens is 3. The quantitative estimate of drug-likeness (QED) is 0.429. The van der Waals surface area contributed by atoms with Gasteiger partial charge in [-0.3, -0.25) is 15.0 Å². The van der Waals surface area contributed by atoms with E-state index in [9.17, 15) is 4.39 Å². The Balaban J connectivity index is 1.22. The lowest BCUT2D eigenvalue weighted by molar-refractivity contribution is 0.172. The third-order valence-corrected chi connectivity index (χ3v) is 5.42. The summed E-state index contributed by atoms with van der Waals surface area (Å²) in [4.78, 5) is 13.4. The Hall–Kier alpha value is -3.40. The van der Waals surface area contributed by atoms with Crippen LogP contribution in [0.1, 0.15) is 11.4 Å². The molecule has 0 radical (unpaired) electrons. The van der Waals surface area contributed by atoms with Gasteiger partial charge in [0, 0.05) is 52.7 Å². The van der Waals surface area contributed by atoms with E-state index in [1.165, 1.54) is 7.11 Å². The summed E-state index contributed by atoms with van der Waals surface area (Å²) in [6.45, 7) is 4.85. The molecule has 0 unspecified atom stereocenters. The first kappa shape index (κ1) is 21.8. The molecule has 10 heteroatoms. The maximum absolute atomic E-state index is 13.9. The topological polar surface area (TPSA) is 94.8 Å². The Bertz CT molecular complexity index is 1030. The van der Waals surface area contributed by atoms with E-state index >= 15 is 0 Å². The number of hydrogen-bond donors (Lipinski definition) is 2. The Morgan fingerprint density at radius 1 is 1.28 bits per heavy atom. The van der Waals surface area contributed by atoms with Gasteiger partial charge >= 0.3 is 0 Å². The van der Waals surface area contributed by atoms with Crippen LogP contribution in [0.4, 0.5) is 4.39 Å². The average Bonchev–Trinajstić information content (AvgIpc) is 3.50. The monoisotopic (exact) mass is 441 g/mol. The number of hydrogen-bond acceptors (Lipinski definition) is 6. The fourth-order valence-corrected chi connectivity index (χ4v) is 3.73. The van der Waals surface area contributed by atoms with Crippen molar-refractivity contribution >= 4 is 5.96 Å². The second-order valence-electron chi connectivity index (χ2n) is 7.54. The van der Waals surface area contributed by atoms with Crippen molar-refractivity contribution < 1.29 is 13.5 Å². The molecule has 2 N–H and O–H groups in total. The Kier molecular flexibility index (Phi) is 7.00. The summed E-state index contributed by atoms with van der Waals surface area (Å²) in [5.74, 6) is 2.81. The largest absolute Gasteiger partial charge is 0.494 e. The molecule has 0 atom stereocenters. The molecule has 3 heterocycles. The van der Waals surface area contributed by atoms with Gasteiger partial charge in [0.15, 0.2) is 23.3 Å². The molecule has 1 fully saturated rings. The van der Waals surface area contributed by atoms with Gasteiger partial charge in [0.25, 0.3) is 0 Å². The van der Waals surface area contributed by atoms with Crippen LogP contribution in [0.2, 0.25) is 0 Å². The summed E-state index contributed by atoms with van der Waals surface area (Å²) >= 11 is 0. The van der Waals surface area contributed by atoms with Crippen molar-refractivity contribution in [3.63, 3.8) is 0 Å². The second kappa shape index (κ2) is 10.3. The summed E-state index contributed by atoms with van der Waals surface area (Å²) < 4.78 is 24.3. The van der Waals surface area contributed by atoms with Gasteiger partial charge in [-0.2, -0.15) is 5.10 Å². The maximum atomic E-state index is 13.9. The van der Waals surface area contributed by atoms with Gasteiger partial charge in [-0.15, -0.1) is 0 Å². The number of aliphatic imine (C=N–C) groups is 1. The fraction of sp³-hybridized carbons (Fsp3) is 0.409. The molecule has 170 valence electrons. The first-order chi connectivity index (χ1) is 15.7. The zero-order valence-electron chi connectivity index (χ0n) is 18.3. The van der Waals surface area contributed by atoms with Crippen molar-refractivity contribution in [2.45, 2.75) is 13.0 Å². The number of aromatic amines is 1. The van der Waals surface area contributed by atoms with Gasteiger partial charge < -0.3 is 19.4 Å². The Morgan fingerprint density at radius 2 is 2.12 bits per heavy atom. The maximum Gasteiger partial charge on any atom is 0.216 e. The lowest BCUT2D eigenvalue weighted by Gasteiger charge is -2.36. The number of ether oxygens (including phenoxy) is 1. The number of halogens is 1. The van der Waals surface area contributed by atoms with Crippen LogP contribution in [0.25, 0.3) is 11.6 Å². The second-order valence-corrected chi connectivity index (χ2v) is 7.54. The number of rotatable bonds is 7. The molecule has 1 saturated heterocycles. The molecule has 0 aliphatic carbocycles. The molecule has 1 aliphatic heterocycles. The number of methoxy groups -OCH3 is 1. The third-order valence-electron chi connectivity index (χ3n) is 5.42. The first-order valence-electron chi connectivity index (χ1n) is 10.6. The highest BCUT2D eigenvalue weighted by atomic mass is 19.1. The van der Waals surface area contributed by atoms with Crippen LogP contribution >= 0.6 is 0 Å². The predicted octanol–water partition coefficient (Wildman–Crippen LogP) is 2.15. The Morgan fingerprint density at radius 3 is 2.81 bits per heavy atom. The number of nitrogens with zero attached hydrogens (tertiary/aromatic N) is 5. The zero-order chi connectivity index (χ0) is 22.3. The number of furan rings is 1. The molecular formula is C22H28FN7O2. The van der Waals surface area contributed by atoms with Crippen LogP contribution < -0.4 is 10.1 Å². The summed E-state index contributed by atoms with van der Waals surface area (Å²) in [7, 11) is 3.26. The van der Waals surface area contributed by atoms with E-state index in [1.54, 1.807) is 25.4 Å². The van der Waals surface area contributed by atoms with Crippen LogP contribution in [-0.4, -0.2) is 77.8 Å². The molecule has 0 spiro atoms. The lowest BCUT2D eigenvalue weighted by atomic mass is 10.2. The van der Waals surface area contributed by atoms with E-state index in [1.807, 2.05) is 18.2 Å². The van der Waals surface area contributed by atoms with Crippen molar-refractivity contribution in [3.8, 4) is 17.3 Å². The predicted molar refractivity (Wildman–Crippen MR) is 119 cm³/mol. The Labute approximate surface area is 186 Å². The van der Waals surface area contributed by atoms with Crippen LogP contribution in [0, 0.1) is 5.82 Å². The van der Waals surface area contributed by atoms with E-state index in [2.05, 4.69) is 35.3 Å². The minimum atomic E-state index is -0.323. The third kappa shape index (κ3) is 5.25. The highest BCUT2D eigenvalue weighted by Crippen LogP contribution is 2.19. The summed E-state index contributed by atoms with van der Waals surface area (Å²) in [6, 6.07) is 8.78. The minimum Gasteiger partial charge on any atom is -0.494 e. The summed E-state index contributed by atoms with van der Waals surface area (Å²) in [5, 5.41) is 10.5. The molecule has 32 heavy (non-hydrogen) atoms. The standard InChI is InChI=1S/C22H28FN7O2/c1-24-22(25-8-7-20-26-21(28-27-20)19-4-3-13-32-19)30-11-9-29(10-12-30)15-16-5-6-18(31-2)17(23)14-16/h3-6,13-14H,7-12,15H2,1-2H3,(H,24,25)(H,26,27,28). The van der Waals surface area contributed by atoms with Gasteiger partial charge in [0.2, 0.25) is 5.82 Å². The molecule has 9 nitrogen and oxygen atoms in total. The van der Waals surface area contributed by atoms with E-state index in [0.29, 0.717) is 31.1 Å². The van der Waals surface area contributed by atoms with Crippen molar-refractivity contribution in [2.24, 2.45) is 4.99 Å². The number of nitrogens with one attached hydrogen (secondary N) is 2. The summed E-state index contributed by atoms with van der Waals surface area (Å²) in [5.41, 5.74) is 0.945. The number of benzene rings is 1. The fourth-order valence-electron chi connectivity index (χ4n) is 3.73. The van der Waals surface area contributed by atoms with E-state index in [4.69, 9.17) is 9.15 Å². The number of guanidine groups is 1. The summed E-state index contributed by atoms with van der Waals surface area (Å²) in [6.07, 6.45) is 2.29. The molecule has 4 rings (SSSR count). The lowest BCUT2D eigenvalue weighted by Crippen LogP contribution is -2.52. The SMILES string of the molecule is CN=C(NCCc1nc(-c2ccco2)n[nH]1)N1CCN(Cc2ccc(OC)c(F)c2)CC1. The van der Waals surface area contributed by atoms with E-state index in [-0.39, 0.29) is 11.6 Å². The molecule has 2 aromatic heterocycles. The zero-order valence-corrected chi connectivity index (χ0v) is 18.3. The molecular weight excluding hydrogens is 413 g/mol. The molecule has 0 bridgehead atoms. The van der Waals surface area contributed by atoms with Crippen molar-refractivity contribution in [2.75, 3.05) is 46.9 Å². The van der Waals surface area contributed by atoms with E-state index < -0.39 is 0 Å². The van der Waals surface area contributed by atoms with Crippen LogP contribution in [0.15, 0.2) is 46.0 Å². The normalized spacial score (nSPS) is 15.2. The van der Waals surface area contributed by atoms with Gasteiger partial charge in [0.05, 0.1) is 13.4 Å². The molecule has 3 aromatic rings. The molecule has 0 saturated carbocycles. The molecule has 1 aliphatic rings.